The number of carbonyl (C=O) groups is 2. The first-order chi connectivity index (χ1) is 7.97. The second kappa shape index (κ2) is 4.20. The highest BCUT2D eigenvalue weighted by Crippen LogP contribution is 2.22. The number of carboxylic acid groups (broad SMARTS) is 1. The van der Waals surface area contributed by atoms with E-state index in [2.05, 4.69) is 4.98 Å². The zero-order chi connectivity index (χ0) is 12.6. The number of carboxylic acids is 1. The molecule has 2 heterocycles. The van der Waals surface area contributed by atoms with Gasteiger partial charge in [0.05, 0.1) is 12.1 Å². The van der Waals surface area contributed by atoms with E-state index >= 15 is 0 Å². The summed E-state index contributed by atoms with van der Waals surface area (Å²) in [7, 11) is 0. The Morgan fingerprint density at radius 2 is 2.12 bits per heavy atom. The first-order valence-electron chi connectivity index (χ1n) is 5.42. The van der Waals surface area contributed by atoms with Gasteiger partial charge in [-0.15, -0.1) is 0 Å². The smallest absolute Gasteiger partial charge is 0.303 e. The number of hydrogen-bond acceptors (Lipinski definition) is 4. The Hall–Kier alpha value is -1.85. The molecule has 17 heavy (non-hydrogen) atoms. The quantitative estimate of drug-likeness (QED) is 0.843. The molecular formula is C11H14N2O4. The van der Waals surface area contributed by atoms with Crippen LogP contribution in [-0.2, 0) is 4.79 Å². The van der Waals surface area contributed by atoms with Crippen LogP contribution in [0.4, 0.5) is 0 Å². The molecule has 0 spiro atoms. The third-order valence-corrected chi connectivity index (χ3v) is 2.81. The molecule has 0 unspecified atom stereocenters. The standard InChI is InChI=1S/C11H14N2O4/c1-6-10(17-7(2)12-6)11(16)13-4-8(5-13)3-9(14)15/h8H,3-5H2,1-2H3,(H,14,15). The van der Waals surface area contributed by atoms with Crippen LogP contribution in [0.3, 0.4) is 0 Å². The van der Waals surface area contributed by atoms with Crippen LogP contribution in [0.15, 0.2) is 4.42 Å². The fraction of sp³-hybridized carbons (Fsp3) is 0.545. The van der Waals surface area contributed by atoms with Crippen LogP contribution in [0.1, 0.15) is 28.6 Å². The average molecular weight is 238 g/mol. The summed E-state index contributed by atoms with van der Waals surface area (Å²) in [4.78, 5) is 28.0. The molecule has 6 heteroatoms. The molecule has 0 bridgehead atoms. The number of likely N-dealkylation sites (tertiary alicyclic amines) is 1. The number of aliphatic carboxylic acids is 1. The number of amides is 1. The number of carbonyl (C=O) groups excluding carboxylic acids is 1. The number of rotatable bonds is 3. The maximum atomic E-state index is 11.9. The van der Waals surface area contributed by atoms with Gasteiger partial charge in [0.2, 0.25) is 5.76 Å². The average Bonchev–Trinajstić information content (AvgIpc) is 2.49. The second-order valence-corrected chi connectivity index (χ2v) is 4.32. The number of oxazole rings is 1. The Morgan fingerprint density at radius 1 is 1.47 bits per heavy atom. The Bertz CT molecular complexity index is 460. The van der Waals surface area contributed by atoms with E-state index in [1.807, 2.05) is 0 Å². The lowest BCUT2D eigenvalue weighted by atomic mass is 9.96. The van der Waals surface area contributed by atoms with Crippen LogP contribution in [-0.4, -0.2) is 40.0 Å². The van der Waals surface area contributed by atoms with Gasteiger partial charge in [-0.2, -0.15) is 0 Å². The normalized spacial score (nSPS) is 15.8. The molecule has 2 rings (SSSR count). The van der Waals surface area contributed by atoms with Crippen molar-refractivity contribution in [3.05, 3.63) is 17.3 Å². The topological polar surface area (TPSA) is 83.6 Å². The summed E-state index contributed by atoms with van der Waals surface area (Å²) >= 11 is 0. The molecule has 0 aromatic carbocycles. The van der Waals surface area contributed by atoms with Crippen molar-refractivity contribution in [3.63, 3.8) is 0 Å². The number of hydrogen-bond donors (Lipinski definition) is 1. The molecule has 0 radical (unpaired) electrons. The lowest BCUT2D eigenvalue weighted by Crippen LogP contribution is -2.50. The molecule has 1 aliphatic rings. The Kier molecular flexibility index (Phi) is 2.87. The minimum absolute atomic E-state index is 0.0563. The molecule has 6 nitrogen and oxygen atoms in total. The van der Waals surface area contributed by atoms with E-state index in [0.29, 0.717) is 24.7 Å². The van der Waals surface area contributed by atoms with E-state index in [-0.39, 0.29) is 24.0 Å². The number of aryl methyl sites for hydroxylation is 2. The molecule has 0 aliphatic carbocycles. The van der Waals surface area contributed by atoms with Crippen LogP contribution in [0, 0.1) is 19.8 Å². The maximum Gasteiger partial charge on any atom is 0.303 e. The van der Waals surface area contributed by atoms with Crippen molar-refractivity contribution in [2.24, 2.45) is 5.92 Å². The van der Waals surface area contributed by atoms with Crippen molar-refractivity contribution < 1.29 is 19.1 Å². The van der Waals surface area contributed by atoms with E-state index in [1.165, 1.54) is 0 Å². The van der Waals surface area contributed by atoms with Gasteiger partial charge >= 0.3 is 5.97 Å². The van der Waals surface area contributed by atoms with Gasteiger partial charge < -0.3 is 14.4 Å². The Labute approximate surface area is 98.2 Å². The number of aromatic nitrogens is 1. The summed E-state index contributed by atoms with van der Waals surface area (Å²) in [5, 5.41) is 8.61. The van der Waals surface area contributed by atoms with Gasteiger partial charge in [0.25, 0.3) is 5.91 Å². The molecular weight excluding hydrogens is 224 g/mol. The third-order valence-electron chi connectivity index (χ3n) is 2.81. The minimum Gasteiger partial charge on any atom is -0.481 e. The van der Waals surface area contributed by atoms with Crippen molar-refractivity contribution in [2.75, 3.05) is 13.1 Å². The van der Waals surface area contributed by atoms with E-state index < -0.39 is 5.97 Å². The Balaban J connectivity index is 1.95. The summed E-state index contributed by atoms with van der Waals surface area (Å²) in [6.45, 7) is 4.36. The fourth-order valence-corrected chi connectivity index (χ4v) is 1.99. The van der Waals surface area contributed by atoms with Crippen molar-refractivity contribution in [2.45, 2.75) is 20.3 Å². The van der Waals surface area contributed by atoms with Crippen molar-refractivity contribution in [1.29, 1.82) is 0 Å². The summed E-state index contributed by atoms with van der Waals surface area (Å²) in [6.07, 6.45) is 0.109. The second-order valence-electron chi connectivity index (χ2n) is 4.32. The van der Waals surface area contributed by atoms with Gasteiger partial charge in [0.1, 0.15) is 0 Å². The molecule has 1 aromatic rings. The van der Waals surface area contributed by atoms with Crippen molar-refractivity contribution >= 4 is 11.9 Å². The van der Waals surface area contributed by atoms with Crippen molar-refractivity contribution in [1.82, 2.24) is 9.88 Å². The summed E-state index contributed by atoms with van der Waals surface area (Å²) in [5.74, 6) is -0.246. The summed E-state index contributed by atoms with van der Waals surface area (Å²) in [6, 6.07) is 0. The fourth-order valence-electron chi connectivity index (χ4n) is 1.99. The largest absolute Gasteiger partial charge is 0.481 e. The van der Waals surface area contributed by atoms with Gasteiger partial charge in [-0.1, -0.05) is 0 Å². The zero-order valence-corrected chi connectivity index (χ0v) is 9.77. The predicted molar refractivity (Wildman–Crippen MR) is 57.6 cm³/mol. The highest BCUT2D eigenvalue weighted by Gasteiger charge is 2.34. The van der Waals surface area contributed by atoms with Gasteiger partial charge in [0, 0.05) is 25.9 Å². The summed E-state index contributed by atoms with van der Waals surface area (Å²) in [5.41, 5.74) is 0.578. The van der Waals surface area contributed by atoms with E-state index in [4.69, 9.17) is 9.52 Å². The van der Waals surface area contributed by atoms with Crippen LogP contribution < -0.4 is 0 Å². The van der Waals surface area contributed by atoms with E-state index in [9.17, 15) is 9.59 Å². The number of nitrogens with zero attached hydrogens (tertiary/aromatic N) is 2. The van der Waals surface area contributed by atoms with Gasteiger partial charge in [-0.3, -0.25) is 9.59 Å². The van der Waals surface area contributed by atoms with Crippen LogP contribution >= 0.6 is 0 Å². The highest BCUT2D eigenvalue weighted by molar-refractivity contribution is 5.93. The third kappa shape index (κ3) is 2.30. The van der Waals surface area contributed by atoms with Crippen LogP contribution in [0.2, 0.25) is 0 Å². The van der Waals surface area contributed by atoms with Gasteiger partial charge in [-0.05, 0) is 6.92 Å². The monoisotopic (exact) mass is 238 g/mol. The molecule has 1 saturated heterocycles. The van der Waals surface area contributed by atoms with Crippen molar-refractivity contribution in [3.8, 4) is 0 Å². The summed E-state index contributed by atoms with van der Waals surface area (Å²) < 4.78 is 5.23. The molecule has 0 atom stereocenters. The lowest BCUT2D eigenvalue weighted by Gasteiger charge is -2.37. The van der Waals surface area contributed by atoms with Gasteiger partial charge in [0.15, 0.2) is 5.89 Å². The molecule has 1 N–H and O–H groups in total. The minimum atomic E-state index is -0.825. The Morgan fingerprint density at radius 3 is 2.59 bits per heavy atom. The van der Waals surface area contributed by atoms with Crippen LogP contribution in [0.25, 0.3) is 0 Å². The molecule has 1 aromatic heterocycles. The van der Waals surface area contributed by atoms with Crippen LogP contribution in [0.5, 0.6) is 0 Å². The molecule has 92 valence electrons. The lowest BCUT2D eigenvalue weighted by molar-refractivity contribution is -0.139. The molecule has 1 aliphatic heterocycles. The SMILES string of the molecule is Cc1nc(C)c(C(=O)N2CC(CC(=O)O)C2)o1. The predicted octanol–water partition coefficient (Wildman–Crippen LogP) is 0.838. The zero-order valence-electron chi connectivity index (χ0n) is 9.77. The highest BCUT2D eigenvalue weighted by atomic mass is 16.4. The molecule has 1 amide bonds. The molecule has 0 saturated carbocycles. The first-order valence-corrected chi connectivity index (χ1v) is 5.42. The first kappa shape index (κ1) is 11.6. The van der Waals surface area contributed by atoms with E-state index in [1.54, 1.807) is 18.7 Å². The molecule has 1 fully saturated rings. The maximum absolute atomic E-state index is 11.9. The van der Waals surface area contributed by atoms with Gasteiger partial charge in [-0.25, -0.2) is 4.98 Å². The van der Waals surface area contributed by atoms with E-state index in [0.717, 1.165) is 0 Å².